The van der Waals surface area contributed by atoms with Crippen LogP contribution < -0.4 is 0 Å². The van der Waals surface area contributed by atoms with Gasteiger partial charge in [-0.1, -0.05) is 142 Å². The first-order valence-electron chi connectivity index (χ1n) is 20.9. The Morgan fingerprint density at radius 3 is 1.95 bits per heavy atom. The Morgan fingerprint density at radius 1 is 0.597 bits per heavy atom. The molecule has 4 heterocycles. The van der Waals surface area contributed by atoms with Crippen LogP contribution >= 0.6 is 0 Å². The number of imidazole rings is 1. The van der Waals surface area contributed by atoms with E-state index in [1.54, 1.807) is 6.20 Å². The smallest absolute Gasteiger partial charge is 0.123 e. The number of para-hydroxylation sites is 3. The van der Waals surface area contributed by atoms with Crippen LogP contribution in [-0.2, 0) is 20.1 Å². The van der Waals surface area contributed by atoms with Crippen LogP contribution in [0.25, 0.3) is 94.7 Å². The molecule has 0 aliphatic heterocycles. The topological polar surface area (TPSA) is 57.0 Å². The van der Waals surface area contributed by atoms with Gasteiger partial charge in [-0.25, -0.2) is 0 Å². The first kappa shape index (κ1) is 40.5. The van der Waals surface area contributed by atoms with Crippen LogP contribution in [-0.4, -0.2) is 14.5 Å². The van der Waals surface area contributed by atoms with Gasteiger partial charge >= 0.3 is 0 Å². The third-order valence-electron chi connectivity index (χ3n) is 11.3. The van der Waals surface area contributed by atoms with E-state index in [1.807, 2.05) is 72.8 Å². The molecular formula is C56H43IrN3O2-2. The Hall–Kier alpha value is -6.85. The zero-order valence-electron chi connectivity index (χ0n) is 34.9. The number of furan rings is 2. The monoisotopic (exact) mass is 982 g/mol. The van der Waals surface area contributed by atoms with Crippen LogP contribution in [0.4, 0.5) is 0 Å². The summed E-state index contributed by atoms with van der Waals surface area (Å²) in [6.45, 7) is 9.11. The fourth-order valence-corrected chi connectivity index (χ4v) is 8.34. The SMILES string of the molecule is CC(C)c1cc(-c2ccccc2)cc(C(C)C)c1-n1c(-c2[c-]c3oc(-c4ccccc4)cc3c3c2oc2ccccc23)nc2ccccc21.[Ir].[c-]1ccccc1-c1ccccn1. The van der Waals surface area contributed by atoms with E-state index in [0.717, 1.165) is 78.0 Å². The first-order chi connectivity index (χ1) is 29.9. The molecule has 0 aliphatic rings. The molecule has 0 unspecified atom stereocenters. The van der Waals surface area contributed by atoms with Crippen molar-refractivity contribution in [2.45, 2.75) is 39.5 Å². The summed E-state index contributed by atoms with van der Waals surface area (Å²) >= 11 is 0. The summed E-state index contributed by atoms with van der Waals surface area (Å²) in [4.78, 5) is 9.58. The van der Waals surface area contributed by atoms with E-state index in [9.17, 15) is 0 Å². The molecule has 5 nitrogen and oxygen atoms in total. The molecule has 0 spiro atoms. The zero-order valence-corrected chi connectivity index (χ0v) is 37.3. The van der Waals surface area contributed by atoms with Crippen molar-refractivity contribution in [3.8, 4) is 50.8 Å². The summed E-state index contributed by atoms with van der Waals surface area (Å²) in [6, 6.07) is 64.9. The maximum Gasteiger partial charge on any atom is 0.123 e. The van der Waals surface area contributed by atoms with Crippen LogP contribution in [0.5, 0.6) is 0 Å². The molecule has 0 bridgehead atoms. The van der Waals surface area contributed by atoms with Gasteiger partial charge in [-0.3, -0.25) is 4.98 Å². The summed E-state index contributed by atoms with van der Waals surface area (Å²) in [5.74, 6) is 2.08. The number of aromatic nitrogens is 3. The Bertz CT molecular complexity index is 3230. The van der Waals surface area contributed by atoms with Crippen molar-refractivity contribution in [2.75, 3.05) is 0 Å². The third-order valence-corrected chi connectivity index (χ3v) is 11.3. The zero-order chi connectivity index (χ0) is 41.5. The molecule has 62 heavy (non-hydrogen) atoms. The summed E-state index contributed by atoms with van der Waals surface area (Å²) in [7, 11) is 0. The maximum absolute atomic E-state index is 6.75. The van der Waals surface area contributed by atoms with E-state index in [0.29, 0.717) is 5.58 Å². The summed E-state index contributed by atoms with van der Waals surface area (Å²) in [5.41, 5.74) is 14.1. The summed E-state index contributed by atoms with van der Waals surface area (Å²) in [5, 5.41) is 3.03. The van der Waals surface area contributed by atoms with E-state index < -0.39 is 0 Å². The third kappa shape index (κ3) is 7.47. The number of nitrogens with zero attached hydrogens (tertiary/aromatic N) is 3. The second-order valence-electron chi connectivity index (χ2n) is 16.0. The number of rotatable bonds is 7. The van der Waals surface area contributed by atoms with Gasteiger partial charge in [0.2, 0.25) is 0 Å². The number of benzene rings is 7. The van der Waals surface area contributed by atoms with E-state index in [4.69, 9.17) is 13.8 Å². The van der Waals surface area contributed by atoms with Gasteiger partial charge in [0.1, 0.15) is 11.3 Å². The summed E-state index contributed by atoms with van der Waals surface area (Å²) < 4.78 is 15.7. The second kappa shape index (κ2) is 17.3. The van der Waals surface area contributed by atoms with Crippen molar-refractivity contribution < 1.29 is 28.9 Å². The van der Waals surface area contributed by atoms with E-state index in [-0.39, 0.29) is 31.9 Å². The van der Waals surface area contributed by atoms with Crippen molar-refractivity contribution in [3.05, 3.63) is 199 Å². The average molecular weight is 982 g/mol. The fraction of sp³-hybridized carbons (Fsp3) is 0.107. The quantitative estimate of drug-likeness (QED) is 0.149. The normalized spacial score (nSPS) is 11.4. The molecule has 0 atom stereocenters. The Morgan fingerprint density at radius 2 is 1.26 bits per heavy atom. The van der Waals surface area contributed by atoms with E-state index in [1.165, 1.54) is 22.3 Å². The van der Waals surface area contributed by atoms with Crippen molar-refractivity contribution in [2.24, 2.45) is 0 Å². The van der Waals surface area contributed by atoms with Crippen molar-refractivity contribution in [1.29, 1.82) is 0 Å². The molecular weight excluding hydrogens is 939 g/mol. The van der Waals surface area contributed by atoms with Gasteiger partial charge in [-0.05, 0) is 93.0 Å². The van der Waals surface area contributed by atoms with Gasteiger partial charge < -0.3 is 18.4 Å². The molecule has 0 amide bonds. The molecule has 0 saturated heterocycles. The Kier molecular flexibility index (Phi) is 11.3. The van der Waals surface area contributed by atoms with Crippen LogP contribution in [0.1, 0.15) is 50.7 Å². The van der Waals surface area contributed by atoms with Crippen LogP contribution in [0, 0.1) is 12.1 Å². The molecule has 0 aliphatic carbocycles. The van der Waals surface area contributed by atoms with Gasteiger partial charge in [0.05, 0.1) is 28.0 Å². The molecule has 11 rings (SSSR count). The van der Waals surface area contributed by atoms with Gasteiger partial charge in [0.15, 0.2) is 0 Å². The Balaban J connectivity index is 0.000000325. The maximum atomic E-state index is 6.75. The fourth-order valence-electron chi connectivity index (χ4n) is 8.34. The number of pyridine rings is 1. The van der Waals surface area contributed by atoms with Gasteiger partial charge in [0, 0.05) is 42.9 Å². The van der Waals surface area contributed by atoms with Crippen LogP contribution in [0.15, 0.2) is 185 Å². The molecule has 1 radical (unpaired) electrons. The molecule has 6 heteroatoms. The summed E-state index contributed by atoms with van der Waals surface area (Å²) in [6.07, 6.45) is 1.79. The van der Waals surface area contributed by atoms with Crippen molar-refractivity contribution in [1.82, 2.24) is 14.5 Å². The predicted octanol–water partition coefficient (Wildman–Crippen LogP) is 15.3. The minimum absolute atomic E-state index is 0. The van der Waals surface area contributed by atoms with Crippen LogP contribution in [0.3, 0.4) is 0 Å². The van der Waals surface area contributed by atoms with Crippen molar-refractivity contribution in [3.63, 3.8) is 0 Å². The molecule has 0 N–H and O–H groups in total. The van der Waals surface area contributed by atoms with Gasteiger partial charge in [0.25, 0.3) is 0 Å². The first-order valence-corrected chi connectivity index (χ1v) is 20.9. The molecule has 7 aromatic carbocycles. The molecule has 0 fully saturated rings. The minimum atomic E-state index is 0. The molecule has 11 aromatic rings. The number of fused-ring (bicyclic) bond motifs is 6. The standard InChI is InChI=1S/C45H35N2O2.C11H8N.Ir/c1-27(2)33-23-31(29-15-7-5-8-16-29)24-34(28(3)4)43(33)47-38-21-13-12-20-37(38)46-45(47)36-26-41-35(25-40(48-41)30-17-9-6-10-18-30)42-32-19-11-14-22-39(32)49-44(36)42;1-2-6-10(7-3-1)11-8-4-5-9-12-11;/h5-25,27-28H,1-4H3;1-6,8-9H;/q2*-1;. The van der Waals surface area contributed by atoms with Gasteiger partial charge in [-0.2, -0.15) is 0 Å². The minimum Gasteiger partial charge on any atom is -0.501 e. The van der Waals surface area contributed by atoms with Crippen molar-refractivity contribution >= 4 is 43.9 Å². The largest absolute Gasteiger partial charge is 0.501 e. The predicted molar refractivity (Wildman–Crippen MR) is 250 cm³/mol. The average Bonchev–Trinajstić information content (AvgIpc) is 4.03. The Labute approximate surface area is 375 Å². The van der Waals surface area contributed by atoms with E-state index in [2.05, 4.69) is 146 Å². The second-order valence-corrected chi connectivity index (χ2v) is 16.0. The van der Waals surface area contributed by atoms with Crippen LogP contribution in [0.2, 0.25) is 0 Å². The molecule has 305 valence electrons. The van der Waals surface area contributed by atoms with E-state index >= 15 is 0 Å². The molecule has 4 aromatic heterocycles. The van der Waals surface area contributed by atoms with Gasteiger partial charge in [-0.15, -0.1) is 35.9 Å². The number of hydrogen-bond acceptors (Lipinski definition) is 4. The number of hydrogen-bond donors (Lipinski definition) is 0. The molecule has 0 saturated carbocycles.